The zero-order chi connectivity index (χ0) is 14.7. The van der Waals surface area contributed by atoms with Crippen molar-refractivity contribution in [1.29, 1.82) is 0 Å². The van der Waals surface area contributed by atoms with Crippen molar-refractivity contribution in [2.45, 2.75) is 6.92 Å². The maximum absolute atomic E-state index is 11.7. The Morgan fingerprint density at radius 1 is 1.25 bits per heavy atom. The second kappa shape index (κ2) is 5.52. The molecule has 0 unspecified atom stereocenters. The summed E-state index contributed by atoms with van der Waals surface area (Å²) in [6, 6.07) is 7.55. The summed E-state index contributed by atoms with van der Waals surface area (Å²) >= 11 is 0. The van der Waals surface area contributed by atoms with E-state index in [1.807, 2.05) is 43.3 Å². The standard InChI is InChI=1S/C13H15N5O2/c1-9-12(19)18(13(20)16-15-9)14-8-10-4-6-11(7-5-10)17(2)3/h4-8H,1-3H3,(H,16,20)/b14-8+. The molecule has 0 amide bonds. The molecule has 0 atom stereocenters. The molecule has 1 N–H and O–H groups in total. The lowest BCUT2D eigenvalue weighted by Gasteiger charge is -2.11. The number of aryl methyl sites for hydroxylation is 1. The zero-order valence-electron chi connectivity index (χ0n) is 11.5. The van der Waals surface area contributed by atoms with E-state index in [9.17, 15) is 9.59 Å². The number of nitrogens with zero attached hydrogens (tertiary/aromatic N) is 4. The van der Waals surface area contributed by atoms with Gasteiger partial charge in [-0.15, -0.1) is 4.68 Å². The molecule has 104 valence electrons. The maximum atomic E-state index is 11.7. The molecule has 7 heteroatoms. The summed E-state index contributed by atoms with van der Waals surface area (Å²) in [5, 5.41) is 9.67. The summed E-state index contributed by atoms with van der Waals surface area (Å²) in [6.45, 7) is 1.51. The van der Waals surface area contributed by atoms with E-state index >= 15 is 0 Å². The lowest BCUT2D eigenvalue weighted by Crippen LogP contribution is -2.35. The van der Waals surface area contributed by atoms with Gasteiger partial charge in [0.15, 0.2) is 0 Å². The van der Waals surface area contributed by atoms with Crippen LogP contribution in [-0.2, 0) is 0 Å². The lowest BCUT2D eigenvalue weighted by molar-refractivity contribution is 0.694. The molecule has 2 rings (SSSR count). The fourth-order valence-electron chi connectivity index (χ4n) is 1.56. The molecule has 0 aliphatic rings. The predicted molar refractivity (Wildman–Crippen MR) is 77.6 cm³/mol. The van der Waals surface area contributed by atoms with Gasteiger partial charge in [-0.1, -0.05) is 12.1 Å². The predicted octanol–water partition coefficient (Wildman–Crippen LogP) is 0.188. The second-order valence-electron chi connectivity index (χ2n) is 4.46. The van der Waals surface area contributed by atoms with E-state index in [2.05, 4.69) is 15.3 Å². The van der Waals surface area contributed by atoms with Gasteiger partial charge in [0, 0.05) is 19.8 Å². The minimum Gasteiger partial charge on any atom is -0.378 e. The van der Waals surface area contributed by atoms with Gasteiger partial charge in [-0.05, 0) is 24.6 Å². The molecule has 0 aliphatic carbocycles. The third-order valence-electron chi connectivity index (χ3n) is 2.75. The summed E-state index contributed by atoms with van der Waals surface area (Å²) in [5.74, 6) is 0. The van der Waals surface area contributed by atoms with Crippen molar-refractivity contribution in [3.05, 3.63) is 56.4 Å². The molecule has 20 heavy (non-hydrogen) atoms. The van der Waals surface area contributed by atoms with Gasteiger partial charge >= 0.3 is 5.69 Å². The molecule has 0 aliphatic heterocycles. The van der Waals surface area contributed by atoms with Crippen LogP contribution < -0.4 is 16.1 Å². The van der Waals surface area contributed by atoms with Crippen molar-refractivity contribution in [2.75, 3.05) is 19.0 Å². The van der Waals surface area contributed by atoms with E-state index in [0.29, 0.717) is 0 Å². The highest BCUT2D eigenvalue weighted by Crippen LogP contribution is 2.10. The first-order chi connectivity index (χ1) is 9.49. The molecule has 0 spiro atoms. The first-order valence-corrected chi connectivity index (χ1v) is 5.99. The normalized spacial score (nSPS) is 10.9. The Balaban J connectivity index is 2.33. The van der Waals surface area contributed by atoms with Crippen LogP contribution in [0.25, 0.3) is 0 Å². The number of benzene rings is 1. The second-order valence-corrected chi connectivity index (χ2v) is 4.46. The quantitative estimate of drug-likeness (QED) is 0.809. The number of aromatic amines is 1. The number of aromatic nitrogens is 3. The molecule has 1 aromatic heterocycles. The molecule has 0 radical (unpaired) electrons. The molecule has 0 fully saturated rings. The third-order valence-corrected chi connectivity index (χ3v) is 2.75. The van der Waals surface area contributed by atoms with Gasteiger partial charge in [0.1, 0.15) is 5.69 Å². The summed E-state index contributed by atoms with van der Waals surface area (Å²) in [5.41, 5.74) is 0.828. The van der Waals surface area contributed by atoms with E-state index in [1.165, 1.54) is 13.1 Å². The average molecular weight is 273 g/mol. The molecule has 0 saturated heterocycles. The van der Waals surface area contributed by atoms with Gasteiger partial charge < -0.3 is 4.90 Å². The topological polar surface area (TPSA) is 83.3 Å². The molecule has 1 heterocycles. The van der Waals surface area contributed by atoms with E-state index < -0.39 is 11.2 Å². The summed E-state index contributed by atoms with van der Waals surface area (Å²) in [6.07, 6.45) is 1.45. The first-order valence-electron chi connectivity index (χ1n) is 5.99. The molecule has 0 bridgehead atoms. The minimum atomic E-state index is -0.665. The molecular weight excluding hydrogens is 258 g/mol. The van der Waals surface area contributed by atoms with Crippen molar-refractivity contribution < 1.29 is 0 Å². The monoisotopic (exact) mass is 273 g/mol. The number of H-pyrrole nitrogens is 1. The fourth-order valence-corrected chi connectivity index (χ4v) is 1.56. The maximum Gasteiger partial charge on any atom is 0.365 e. The highest BCUT2D eigenvalue weighted by molar-refractivity contribution is 5.80. The van der Waals surface area contributed by atoms with E-state index in [1.54, 1.807) is 0 Å². The average Bonchev–Trinajstić information content (AvgIpc) is 2.43. The van der Waals surface area contributed by atoms with Crippen molar-refractivity contribution in [2.24, 2.45) is 5.10 Å². The van der Waals surface area contributed by atoms with Gasteiger partial charge in [-0.25, -0.2) is 9.89 Å². The van der Waals surface area contributed by atoms with Crippen LogP contribution in [0.4, 0.5) is 5.69 Å². The Labute approximate surface area is 115 Å². The Morgan fingerprint density at radius 3 is 2.50 bits per heavy atom. The molecular formula is C13H15N5O2. The highest BCUT2D eigenvalue weighted by atomic mass is 16.2. The number of hydrogen-bond donors (Lipinski definition) is 1. The van der Waals surface area contributed by atoms with Crippen molar-refractivity contribution in [3.63, 3.8) is 0 Å². The molecule has 1 aromatic carbocycles. The van der Waals surface area contributed by atoms with Crippen LogP contribution in [0.15, 0.2) is 39.0 Å². The Morgan fingerprint density at radius 2 is 1.90 bits per heavy atom. The van der Waals surface area contributed by atoms with Crippen LogP contribution in [-0.4, -0.2) is 35.2 Å². The van der Waals surface area contributed by atoms with Gasteiger partial charge in [-0.2, -0.15) is 10.2 Å². The molecule has 0 saturated carbocycles. The smallest absolute Gasteiger partial charge is 0.365 e. The Bertz CT molecular complexity index is 741. The van der Waals surface area contributed by atoms with Crippen LogP contribution in [0.2, 0.25) is 0 Å². The van der Waals surface area contributed by atoms with Gasteiger partial charge in [0.05, 0.1) is 6.21 Å². The molecule has 2 aromatic rings. The summed E-state index contributed by atoms with van der Waals surface area (Å²) < 4.78 is 0.752. The van der Waals surface area contributed by atoms with E-state index in [4.69, 9.17) is 0 Å². The van der Waals surface area contributed by atoms with Crippen LogP contribution >= 0.6 is 0 Å². The van der Waals surface area contributed by atoms with Gasteiger partial charge in [0.2, 0.25) is 0 Å². The van der Waals surface area contributed by atoms with Crippen molar-refractivity contribution in [3.8, 4) is 0 Å². The van der Waals surface area contributed by atoms with Gasteiger partial charge in [-0.3, -0.25) is 4.79 Å². The van der Waals surface area contributed by atoms with Crippen LogP contribution in [0, 0.1) is 6.92 Å². The highest BCUT2D eigenvalue weighted by Gasteiger charge is 2.03. The lowest BCUT2D eigenvalue weighted by atomic mass is 10.2. The van der Waals surface area contributed by atoms with Gasteiger partial charge in [0.25, 0.3) is 5.56 Å². The van der Waals surface area contributed by atoms with Crippen LogP contribution in [0.3, 0.4) is 0 Å². The Hall–Kier alpha value is -2.70. The minimum absolute atomic E-state index is 0.185. The zero-order valence-corrected chi connectivity index (χ0v) is 11.5. The van der Waals surface area contributed by atoms with Crippen LogP contribution in [0.5, 0.6) is 0 Å². The van der Waals surface area contributed by atoms with E-state index in [-0.39, 0.29) is 5.69 Å². The first kappa shape index (κ1) is 13.7. The number of hydrogen-bond acceptors (Lipinski definition) is 5. The largest absolute Gasteiger partial charge is 0.378 e. The Kier molecular flexibility index (Phi) is 3.79. The summed E-state index contributed by atoms with van der Waals surface area (Å²) in [4.78, 5) is 25.2. The third kappa shape index (κ3) is 2.82. The molecule has 7 nitrogen and oxygen atoms in total. The van der Waals surface area contributed by atoms with Crippen molar-refractivity contribution >= 4 is 11.9 Å². The number of nitrogens with one attached hydrogen (secondary N) is 1. The number of anilines is 1. The van der Waals surface area contributed by atoms with Crippen LogP contribution in [0.1, 0.15) is 11.3 Å². The van der Waals surface area contributed by atoms with E-state index in [0.717, 1.165) is 15.9 Å². The number of rotatable bonds is 3. The fraction of sp³-hybridized carbons (Fsp3) is 0.231. The SMILES string of the molecule is Cc1n[nH]c(=O)n(/N=C/c2ccc(N(C)C)cc2)c1=O. The summed E-state index contributed by atoms with van der Waals surface area (Å²) in [7, 11) is 3.89. The van der Waals surface area contributed by atoms with Crippen molar-refractivity contribution in [1.82, 2.24) is 14.9 Å².